The van der Waals surface area contributed by atoms with Crippen LogP contribution < -0.4 is 4.90 Å². The van der Waals surface area contributed by atoms with Crippen LogP contribution in [-0.2, 0) is 17.8 Å². The number of amides is 1. The fraction of sp³-hybridized carbons (Fsp3) is 0.500. The Kier molecular flexibility index (Phi) is 4.78. The van der Waals surface area contributed by atoms with Crippen molar-refractivity contribution in [3.8, 4) is 11.4 Å². The summed E-state index contributed by atoms with van der Waals surface area (Å²) in [7, 11) is 6.08. The van der Waals surface area contributed by atoms with Gasteiger partial charge in [-0.2, -0.15) is 0 Å². The molecule has 2 aromatic rings. The summed E-state index contributed by atoms with van der Waals surface area (Å²) in [4.78, 5) is 33.0. The third kappa shape index (κ3) is 3.51. The quantitative estimate of drug-likeness (QED) is 0.819. The van der Waals surface area contributed by atoms with E-state index in [0.717, 1.165) is 55.1 Å². The number of anilines is 1. The van der Waals surface area contributed by atoms with Gasteiger partial charge in [0.1, 0.15) is 5.82 Å². The smallest absolute Gasteiger partial charge is 0.227 e. The van der Waals surface area contributed by atoms with Gasteiger partial charge in [-0.25, -0.2) is 9.97 Å². The van der Waals surface area contributed by atoms with Crippen molar-refractivity contribution in [1.29, 1.82) is 0 Å². The van der Waals surface area contributed by atoms with Gasteiger partial charge in [0.15, 0.2) is 5.82 Å². The molecule has 0 saturated carbocycles. The topological polar surface area (TPSA) is 65.5 Å². The molecule has 7 heteroatoms. The number of hydrogen-bond donors (Lipinski definition) is 0. The molecule has 2 aromatic heterocycles. The van der Waals surface area contributed by atoms with Gasteiger partial charge in [0, 0.05) is 50.7 Å². The second-order valence-electron chi connectivity index (χ2n) is 7.69. The first-order valence-corrected chi connectivity index (χ1v) is 9.48. The summed E-state index contributed by atoms with van der Waals surface area (Å²) >= 11 is 0. The summed E-state index contributed by atoms with van der Waals surface area (Å²) in [6.45, 7) is 3.16. The molecular weight excluding hydrogens is 340 g/mol. The lowest BCUT2D eigenvalue weighted by atomic mass is 10.0. The molecule has 0 aliphatic carbocycles. The van der Waals surface area contributed by atoms with Gasteiger partial charge in [0.2, 0.25) is 5.91 Å². The van der Waals surface area contributed by atoms with E-state index >= 15 is 0 Å². The number of hydrogen-bond acceptors (Lipinski definition) is 6. The highest BCUT2D eigenvalue weighted by atomic mass is 16.2. The lowest BCUT2D eigenvalue weighted by Crippen LogP contribution is -2.41. The van der Waals surface area contributed by atoms with Crippen LogP contribution in [0.5, 0.6) is 0 Å². The molecule has 0 spiro atoms. The van der Waals surface area contributed by atoms with E-state index in [0.29, 0.717) is 12.4 Å². The van der Waals surface area contributed by atoms with Gasteiger partial charge in [-0.15, -0.1) is 0 Å². The van der Waals surface area contributed by atoms with Crippen LogP contribution in [0, 0.1) is 5.92 Å². The SMILES string of the molecule is CN1CCC(C(=O)N2CCc3c(nc(-c4cccnc4)nc3N(C)C)C2)C1. The van der Waals surface area contributed by atoms with E-state index in [9.17, 15) is 4.79 Å². The summed E-state index contributed by atoms with van der Waals surface area (Å²) < 4.78 is 0. The standard InChI is InChI=1S/C20H26N6O/c1-24(2)19-16-7-10-26(20(27)15-6-9-25(3)12-15)13-17(16)22-18(23-19)14-5-4-8-21-11-14/h4-5,8,11,15H,6-7,9-10,12-13H2,1-3H3. The summed E-state index contributed by atoms with van der Waals surface area (Å²) in [5.41, 5.74) is 3.00. The molecular formula is C20H26N6O. The first-order chi connectivity index (χ1) is 13.0. The third-order valence-electron chi connectivity index (χ3n) is 5.44. The molecule has 142 valence electrons. The molecule has 1 atom stereocenters. The van der Waals surface area contributed by atoms with E-state index in [1.807, 2.05) is 36.0 Å². The highest BCUT2D eigenvalue weighted by Crippen LogP contribution is 2.29. The molecule has 7 nitrogen and oxygen atoms in total. The molecule has 1 fully saturated rings. The molecule has 2 aliphatic heterocycles. The Morgan fingerprint density at radius 1 is 1.26 bits per heavy atom. The lowest BCUT2D eigenvalue weighted by molar-refractivity contribution is -0.136. The number of likely N-dealkylation sites (tertiary alicyclic amines) is 1. The first-order valence-electron chi connectivity index (χ1n) is 9.48. The van der Waals surface area contributed by atoms with Crippen molar-refractivity contribution in [3.63, 3.8) is 0 Å². The third-order valence-corrected chi connectivity index (χ3v) is 5.44. The van der Waals surface area contributed by atoms with Gasteiger partial charge in [-0.3, -0.25) is 9.78 Å². The fourth-order valence-electron chi connectivity index (χ4n) is 3.99. The minimum atomic E-state index is 0.115. The minimum absolute atomic E-state index is 0.115. The average molecular weight is 366 g/mol. The van der Waals surface area contributed by atoms with E-state index in [4.69, 9.17) is 9.97 Å². The van der Waals surface area contributed by atoms with Crippen LogP contribution in [0.15, 0.2) is 24.5 Å². The Labute approximate surface area is 160 Å². The van der Waals surface area contributed by atoms with Crippen LogP contribution in [-0.4, -0.2) is 71.4 Å². The van der Waals surface area contributed by atoms with E-state index in [1.165, 1.54) is 0 Å². The van der Waals surface area contributed by atoms with Gasteiger partial charge in [0.05, 0.1) is 18.2 Å². The van der Waals surface area contributed by atoms with Crippen molar-refractivity contribution in [2.24, 2.45) is 5.92 Å². The van der Waals surface area contributed by atoms with Gasteiger partial charge in [-0.05, 0) is 38.6 Å². The van der Waals surface area contributed by atoms with Crippen molar-refractivity contribution in [2.45, 2.75) is 19.4 Å². The van der Waals surface area contributed by atoms with Gasteiger partial charge in [-0.1, -0.05) is 0 Å². The number of fused-ring (bicyclic) bond motifs is 1. The van der Waals surface area contributed by atoms with Crippen LogP contribution in [0.1, 0.15) is 17.7 Å². The zero-order chi connectivity index (χ0) is 19.0. The Bertz CT molecular complexity index is 838. The van der Waals surface area contributed by atoms with Crippen LogP contribution in [0.2, 0.25) is 0 Å². The Balaban J connectivity index is 1.65. The monoisotopic (exact) mass is 366 g/mol. The van der Waals surface area contributed by atoms with Crippen molar-refractivity contribution >= 4 is 11.7 Å². The fourth-order valence-corrected chi connectivity index (χ4v) is 3.99. The second-order valence-corrected chi connectivity index (χ2v) is 7.69. The lowest BCUT2D eigenvalue weighted by Gasteiger charge is -2.32. The number of rotatable bonds is 3. The van der Waals surface area contributed by atoms with Crippen molar-refractivity contribution in [2.75, 3.05) is 45.7 Å². The number of carbonyl (C=O) groups excluding carboxylic acids is 1. The molecule has 1 amide bonds. The molecule has 27 heavy (non-hydrogen) atoms. The maximum absolute atomic E-state index is 13.0. The molecule has 1 saturated heterocycles. The molecule has 2 aliphatic rings. The molecule has 0 radical (unpaired) electrons. The van der Waals surface area contributed by atoms with E-state index in [1.54, 1.807) is 12.4 Å². The Morgan fingerprint density at radius 3 is 2.78 bits per heavy atom. The number of aromatic nitrogens is 3. The van der Waals surface area contributed by atoms with E-state index in [-0.39, 0.29) is 11.8 Å². The number of nitrogens with zero attached hydrogens (tertiary/aromatic N) is 6. The highest BCUT2D eigenvalue weighted by Gasteiger charge is 2.33. The van der Waals surface area contributed by atoms with E-state index < -0.39 is 0 Å². The molecule has 4 heterocycles. The van der Waals surface area contributed by atoms with Crippen molar-refractivity contribution in [1.82, 2.24) is 24.8 Å². The average Bonchev–Trinajstić information content (AvgIpc) is 3.13. The minimum Gasteiger partial charge on any atom is -0.362 e. The van der Waals surface area contributed by atoms with E-state index in [2.05, 4.69) is 16.9 Å². The molecule has 1 unspecified atom stereocenters. The predicted octanol–water partition coefficient (Wildman–Crippen LogP) is 1.44. The van der Waals surface area contributed by atoms with Crippen LogP contribution in [0.4, 0.5) is 5.82 Å². The van der Waals surface area contributed by atoms with Gasteiger partial charge in [0.25, 0.3) is 0 Å². The van der Waals surface area contributed by atoms with Gasteiger partial charge < -0.3 is 14.7 Å². The van der Waals surface area contributed by atoms with Crippen molar-refractivity contribution < 1.29 is 4.79 Å². The van der Waals surface area contributed by atoms with Crippen LogP contribution in [0.3, 0.4) is 0 Å². The van der Waals surface area contributed by atoms with Crippen LogP contribution in [0.25, 0.3) is 11.4 Å². The maximum Gasteiger partial charge on any atom is 0.227 e. The first kappa shape index (κ1) is 17.9. The Morgan fingerprint density at radius 2 is 2.11 bits per heavy atom. The van der Waals surface area contributed by atoms with Crippen molar-refractivity contribution in [3.05, 3.63) is 35.8 Å². The second kappa shape index (κ2) is 7.23. The zero-order valence-corrected chi connectivity index (χ0v) is 16.2. The molecule has 4 rings (SSSR count). The summed E-state index contributed by atoms with van der Waals surface area (Å²) in [6, 6.07) is 3.86. The zero-order valence-electron chi connectivity index (χ0n) is 16.2. The number of pyridine rings is 1. The molecule has 0 aromatic carbocycles. The molecule has 0 N–H and O–H groups in total. The van der Waals surface area contributed by atoms with Gasteiger partial charge >= 0.3 is 0 Å². The Hall–Kier alpha value is -2.54. The summed E-state index contributed by atoms with van der Waals surface area (Å²) in [5, 5.41) is 0. The normalized spacial score (nSPS) is 19.8. The largest absolute Gasteiger partial charge is 0.362 e. The highest BCUT2D eigenvalue weighted by molar-refractivity contribution is 5.80. The van der Waals surface area contributed by atoms with Crippen LogP contribution >= 0.6 is 0 Å². The summed E-state index contributed by atoms with van der Waals surface area (Å²) in [6.07, 6.45) is 5.27. The maximum atomic E-state index is 13.0. The number of carbonyl (C=O) groups is 1. The molecule has 0 bridgehead atoms. The summed E-state index contributed by atoms with van der Waals surface area (Å²) in [5.74, 6) is 1.98. The predicted molar refractivity (Wildman–Crippen MR) is 104 cm³/mol.